The zero-order chi connectivity index (χ0) is 20.1. The van der Waals surface area contributed by atoms with Gasteiger partial charge in [-0.05, 0) is 31.0 Å². The fraction of sp³-hybridized carbons (Fsp3) is 0.421. The monoisotopic (exact) mass is 403 g/mol. The van der Waals surface area contributed by atoms with Crippen LogP contribution >= 0.6 is 0 Å². The van der Waals surface area contributed by atoms with Crippen molar-refractivity contribution in [2.75, 3.05) is 23.9 Å². The number of benzene rings is 1. The van der Waals surface area contributed by atoms with Gasteiger partial charge in [0.05, 0.1) is 35.9 Å². The van der Waals surface area contributed by atoms with Crippen molar-refractivity contribution in [2.45, 2.75) is 31.7 Å². The van der Waals surface area contributed by atoms with Crippen LogP contribution in [0.3, 0.4) is 0 Å². The molecule has 9 heteroatoms. The molecule has 2 unspecified atom stereocenters. The number of rotatable bonds is 3. The van der Waals surface area contributed by atoms with Gasteiger partial charge >= 0.3 is 5.97 Å². The molecule has 148 valence electrons. The Labute approximate surface area is 162 Å². The quantitative estimate of drug-likeness (QED) is 0.783. The van der Waals surface area contributed by atoms with Crippen LogP contribution in [0.5, 0.6) is 0 Å². The van der Waals surface area contributed by atoms with Gasteiger partial charge in [-0.25, -0.2) is 17.9 Å². The molecule has 0 saturated carbocycles. The van der Waals surface area contributed by atoms with Gasteiger partial charge in [0, 0.05) is 17.9 Å². The van der Waals surface area contributed by atoms with Crippen molar-refractivity contribution in [3.8, 4) is 0 Å². The highest BCUT2D eigenvalue weighted by atomic mass is 32.2. The van der Waals surface area contributed by atoms with E-state index < -0.39 is 15.8 Å². The number of anilines is 1. The van der Waals surface area contributed by atoms with Crippen LogP contribution in [-0.2, 0) is 19.4 Å². The smallest absolute Gasteiger partial charge is 0.337 e. The van der Waals surface area contributed by atoms with Crippen molar-refractivity contribution in [3.05, 3.63) is 46.6 Å². The predicted molar refractivity (Wildman–Crippen MR) is 102 cm³/mol. The molecule has 1 N–H and O–H groups in total. The topological polar surface area (TPSA) is 107 Å². The maximum Gasteiger partial charge on any atom is 0.337 e. The van der Waals surface area contributed by atoms with Gasteiger partial charge in [0.1, 0.15) is 5.82 Å². The SMILES string of the molecule is COC(=O)c1ccc(C2CC(=O)Nc3c2c(C)nn3C2CCS(=O)(=O)C2)cc1. The second-order valence-corrected chi connectivity index (χ2v) is 9.50. The molecule has 0 bridgehead atoms. The molecule has 1 saturated heterocycles. The van der Waals surface area contributed by atoms with Gasteiger partial charge in [0.2, 0.25) is 5.91 Å². The average molecular weight is 403 g/mol. The first-order valence-corrected chi connectivity index (χ1v) is 10.9. The summed E-state index contributed by atoms with van der Waals surface area (Å²) in [5, 5.41) is 7.46. The van der Waals surface area contributed by atoms with E-state index in [9.17, 15) is 18.0 Å². The van der Waals surface area contributed by atoms with Crippen LogP contribution in [0.15, 0.2) is 24.3 Å². The third-order valence-corrected chi connectivity index (χ3v) is 7.17. The highest BCUT2D eigenvalue weighted by Gasteiger charge is 2.37. The third kappa shape index (κ3) is 3.19. The van der Waals surface area contributed by atoms with Gasteiger partial charge in [-0.15, -0.1) is 0 Å². The Bertz CT molecular complexity index is 1060. The minimum absolute atomic E-state index is 0.0366. The first kappa shape index (κ1) is 18.7. The van der Waals surface area contributed by atoms with Crippen LogP contribution in [0.25, 0.3) is 0 Å². The van der Waals surface area contributed by atoms with Crippen LogP contribution < -0.4 is 5.32 Å². The van der Waals surface area contributed by atoms with E-state index in [1.54, 1.807) is 16.8 Å². The lowest BCUT2D eigenvalue weighted by atomic mass is 9.85. The number of methoxy groups -OCH3 is 1. The van der Waals surface area contributed by atoms with E-state index in [0.717, 1.165) is 16.8 Å². The van der Waals surface area contributed by atoms with E-state index in [-0.39, 0.29) is 35.8 Å². The molecule has 28 heavy (non-hydrogen) atoms. The van der Waals surface area contributed by atoms with E-state index in [1.165, 1.54) is 7.11 Å². The van der Waals surface area contributed by atoms with Crippen molar-refractivity contribution in [2.24, 2.45) is 0 Å². The second-order valence-electron chi connectivity index (χ2n) is 7.27. The molecule has 0 radical (unpaired) electrons. The highest BCUT2D eigenvalue weighted by Crippen LogP contribution is 2.41. The summed E-state index contributed by atoms with van der Waals surface area (Å²) < 4.78 is 30.2. The second kappa shape index (κ2) is 6.73. The van der Waals surface area contributed by atoms with Gasteiger partial charge in [-0.3, -0.25) is 4.79 Å². The fourth-order valence-electron chi connectivity index (χ4n) is 4.06. The number of ether oxygens (including phenoxy) is 1. The van der Waals surface area contributed by atoms with Crippen LogP contribution in [0.4, 0.5) is 5.82 Å². The number of aryl methyl sites for hydroxylation is 1. The molecule has 0 spiro atoms. The molecule has 1 fully saturated rings. The molecule has 2 aromatic rings. The summed E-state index contributed by atoms with van der Waals surface area (Å²) in [5.41, 5.74) is 3.00. The molecular formula is C19H21N3O5S. The lowest BCUT2D eigenvalue weighted by Gasteiger charge is -2.25. The van der Waals surface area contributed by atoms with Crippen molar-refractivity contribution >= 4 is 27.5 Å². The zero-order valence-electron chi connectivity index (χ0n) is 15.6. The number of carbonyl (C=O) groups is 2. The third-order valence-electron chi connectivity index (χ3n) is 5.42. The van der Waals surface area contributed by atoms with Gasteiger partial charge in [-0.1, -0.05) is 12.1 Å². The Morgan fingerprint density at radius 2 is 2.00 bits per heavy atom. The van der Waals surface area contributed by atoms with Crippen LogP contribution in [0.2, 0.25) is 0 Å². The summed E-state index contributed by atoms with van der Waals surface area (Å²) in [5.74, 6) is -0.0103. The first-order valence-electron chi connectivity index (χ1n) is 9.06. The molecule has 8 nitrogen and oxygen atoms in total. The summed E-state index contributed by atoms with van der Waals surface area (Å²) in [7, 11) is -1.74. The number of hydrogen-bond acceptors (Lipinski definition) is 6. The van der Waals surface area contributed by atoms with E-state index in [4.69, 9.17) is 4.74 Å². The molecule has 4 rings (SSSR count). The summed E-state index contributed by atoms with van der Waals surface area (Å²) in [6, 6.07) is 6.72. The van der Waals surface area contributed by atoms with Crippen molar-refractivity contribution in [1.29, 1.82) is 0 Å². The van der Waals surface area contributed by atoms with Crippen LogP contribution in [0, 0.1) is 6.92 Å². The van der Waals surface area contributed by atoms with E-state index in [0.29, 0.717) is 17.8 Å². The number of esters is 1. The first-order chi connectivity index (χ1) is 13.3. The Hall–Kier alpha value is -2.68. The average Bonchev–Trinajstić information content (AvgIpc) is 3.19. The maximum atomic E-state index is 12.4. The lowest BCUT2D eigenvalue weighted by Crippen LogP contribution is -2.26. The summed E-state index contributed by atoms with van der Waals surface area (Å²) in [6.07, 6.45) is 0.754. The Morgan fingerprint density at radius 3 is 2.61 bits per heavy atom. The highest BCUT2D eigenvalue weighted by molar-refractivity contribution is 7.91. The Balaban J connectivity index is 1.73. The van der Waals surface area contributed by atoms with E-state index in [1.807, 2.05) is 19.1 Å². The number of amides is 1. The molecule has 2 aliphatic rings. The van der Waals surface area contributed by atoms with Gasteiger partial charge in [0.25, 0.3) is 0 Å². The normalized spacial score (nSPS) is 23.1. The fourth-order valence-corrected chi connectivity index (χ4v) is 5.75. The van der Waals surface area contributed by atoms with Gasteiger partial charge < -0.3 is 10.1 Å². The van der Waals surface area contributed by atoms with Crippen LogP contribution in [0.1, 0.15) is 52.0 Å². The molecule has 2 aliphatic heterocycles. The summed E-state index contributed by atoms with van der Waals surface area (Å²) in [6.45, 7) is 1.87. The molecule has 0 aliphatic carbocycles. The molecule has 1 aromatic carbocycles. The summed E-state index contributed by atoms with van der Waals surface area (Å²) >= 11 is 0. The number of carbonyl (C=O) groups excluding carboxylic acids is 2. The summed E-state index contributed by atoms with van der Waals surface area (Å²) in [4.78, 5) is 24.0. The number of hydrogen-bond donors (Lipinski definition) is 1. The zero-order valence-corrected chi connectivity index (χ0v) is 16.5. The van der Waals surface area contributed by atoms with Crippen LogP contribution in [-0.4, -0.2) is 48.7 Å². The predicted octanol–water partition coefficient (Wildman–Crippen LogP) is 1.81. The van der Waals surface area contributed by atoms with Gasteiger partial charge in [0.15, 0.2) is 9.84 Å². The molecule has 1 amide bonds. The van der Waals surface area contributed by atoms with E-state index in [2.05, 4.69) is 10.4 Å². The minimum Gasteiger partial charge on any atom is -0.465 e. The Morgan fingerprint density at radius 1 is 1.29 bits per heavy atom. The lowest BCUT2D eigenvalue weighted by molar-refractivity contribution is -0.116. The van der Waals surface area contributed by atoms with Crippen molar-refractivity contribution in [1.82, 2.24) is 9.78 Å². The minimum atomic E-state index is -3.07. The standard InChI is InChI=1S/C19H21N3O5S/c1-11-17-15(12-3-5-13(6-4-12)19(24)27-2)9-16(23)20-18(17)22(21-11)14-7-8-28(25,26)10-14/h3-6,14-15H,7-10H2,1-2H3,(H,20,23). The number of sulfone groups is 1. The Kier molecular flexibility index (Phi) is 4.49. The maximum absolute atomic E-state index is 12.4. The number of fused-ring (bicyclic) bond motifs is 1. The number of nitrogens with one attached hydrogen (secondary N) is 1. The van der Waals surface area contributed by atoms with Gasteiger partial charge in [-0.2, -0.15) is 5.10 Å². The molecule has 1 aromatic heterocycles. The molecular weight excluding hydrogens is 382 g/mol. The largest absolute Gasteiger partial charge is 0.465 e. The van der Waals surface area contributed by atoms with E-state index >= 15 is 0 Å². The number of nitrogens with zero attached hydrogens (tertiary/aromatic N) is 2. The molecule has 2 atom stereocenters. The number of aromatic nitrogens is 2. The van der Waals surface area contributed by atoms with Crippen molar-refractivity contribution in [3.63, 3.8) is 0 Å². The van der Waals surface area contributed by atoms with Crippen molar-refractivity contribution < 1.29 is 22.7 Å². The molecule has 3 heterocycles.